The normalized spacial score (nSPS) is 10.2. The Kier molecular flexibility index (Phi) is 2.32. The highest BCUT2D eigenvalue weighted by Crippen LogP contribution is 1.90. The maximum absolute atomic E-state index is 9.95. The van der Waals surface area contributed by atoms with Gasteiger partial charge in [-0.2, -0.15) is 4.99 Å². The first kappa shape index (κ1) is 7.40. The number of amides is 1. The van der Waals surface area contributed by atoms with Crippen molar-refractivity contribution in [3.8, 4) is 0 Å². The number of carbonyl (C=O) groups is 1. The average Bonchev–Trinajstić information content (AvgIpc) is 2.03. The molecule has 0 aliphatic carbocycles. The lowest BCUT2D eigenvalue weighted by molar-refractivity contribution is 0.206. The van der Waals surface area contributed by atoms with E-state index >= 15 is 0 Å². The molecule has 0 aromatic carbocycles. The maximum Gasteiger partial charge on any atom is 0.431 e. The Labute approximate surface area is 63.2 Å². The number of aliphatic imine (C=N–C) groups is 1. The minimum absolute atomic E-state index is 0.676. The van der Waals surface area contributed by atoms with Gasteiger partial charge in [-0.15, -0.1) is 0 Å². The van der Waals surface area contributed by atoms with Gasteiger partial charge in [0.2, 0.25) is 0 Å². The van der Waals surface area contributed by atoms with Crippen LogP contribution < -0.4 is 0 Å². The molecule has 1 aromatic heterocycles. The summed E-state index contributed by atoms with van der Waals surface area (Å²) in [5.41, 5.74) is 0.676. The lowest BCUT2D eigenvalue weighted by Crippen LogP contribution is -1.88. The average molecular weight is 150 g/mol. The van der Waals surface area contributed by atoms with Gasteiger partial charge in [-0.25, -0.2) is 4.79 Å². The smallest absolute Gasteiger partial charge is 0.431 e. The molecule has 56 valence electrons. The molecule has 1 heterocycles. The van der Waals surface area contributed by atoms with Crippen molar-refractivity contribution in [2.24, 2.45) is 4.99 Å². The van der Waals surface area contributed by atoms with Crippen molar-refractivity contribution in [1.29, 1.82) is 0 Å². The van der Waals surface area contributed by atoms with E-state index < -0.39 is 6.09 Å². The summed E-state index contributed by atoms with van der Waals surface area (Å²) in [6.45, 7) is 0. The molecule has 1 amide bonds. The van der Waals surface area contributed by atoms with E-state index in [1.165, 1.54) is 12.4 Å². The molecule has 1 N–H and O–H groups in total. The number of carboxylic acid groups (broad SMARTS) is 1. The third kappa shape index (κ3) is 2.57. The lowest BCUT2D eigenvalue weighted by Gasteiger charge is -1.86. The third-order valence-corrected chi connectivity index (χ3v) is 1.01. The van der Waals surface area contributed by atoms with Gasteiger partial charge in [-0.3, -0.25) is 4.98 Å². The quantitative estimate of drug-likeness (QED) is 0.611. The zero-order chi connectivity index (χ0) is 8.10. The van der Waals surface area contributed by atoms with E-state index in [1.807, 2.05) is 0 Å². The van der Waals surface area contributed by atoms with Crippen LogP contribution in [0.4, 0.5) is 4.79 Å². The second-order valence-corrected chi connectivity index (χ2v) is 1.83. The number of rotatable bonds is 1. The van der Waals surface area contributed by atoms with Gasteiger partial charge in [0.15, 0.2) is 0 Å². The fourth-order valence-electron chi connectivity index (χ4n) is 0.582. The number of nitrogens with zero attached hydrogens (tertiary/aromatic N) is 2. The summed E-state index contributed by atoms with van der Waals surface area (Å²) in [6.07, 6.45) is 3.19. The van der Waals surface area contributed by atoms with Crippen molar-refractivity contribution in [3.63, 3.8) is 0 Å². The molecule has 0 aliphatic rings. The Balaban J connectivity index is 2.72. The van der Waals surface area contributed by atoms with Crippen LogP contribution in [-0.4, -0.2) is 22.4 Å². The third-order valence-electron chi connectivity index (χ3n) is 1.01. The van der Waals surface area contributed by atoms with E-state index in [0.29, 0.717) is 5.56 Å². The molecule has 0 radical (unpaired) electrons. The summed E-state index contributed by atoms with van der Waals surface area (Å²) in [5.74, 6) is 0. The van der Waals surface area contributed by atoms with E-state index in [2.05, 4.69) is 9.98 Å². The fraction of sp³-hybridized carbons (Fsp3) is 0. The minimum Gasteiger partial charge on any atom is -0.463 e. The standard InChI is InChI=1S/C7H6N2O2/c10-7(11)9-5-6-2-1-3-8-4-6/h1-5H,(H,10,11). The number of hydrogen-bond acceptors (Lipinski definition) is 2. The monoisotopic (exact) mass is 150 g/mol. The number of hydrogen-bond donors (Lipinski definition) is 1. The maximum atomic E-state index is 9.95. The number of pyridine rings is 1. The van der Waals surface area contributed by atoms with Crippen molar-refractivity contribution in [3.05, 3.63) is 30.1 Å². The second-order valence-electron chi connectivity index (χ2n) is 1.83. The summed E-state index contributed by atoms with van der Waals surface area (Å²) in [6, 6.07) is 3.43. The largest absolute Gasteiger partial charge is 0.463 e. The van der Waals surface area contributed by atoms with Crippen molar-refractivity contribution in [1.82, 2.24) is 4.98 Å². The molecule has 0 saturated carbocycles. The van der Waals surface area contributed by atoms with E-state index in [4.69, 9.17) is 5.11 Å². The zero-order valence-electron chi connectivity index (χ0n) is 5.64. The van der Waals surface area contributed by atoms with Crippen LogP contribution in [0, 0.1) is 0 Å². The van der Waals surface area contributed by atoms with Gasteiger partial charge in [-0.1, -0.05) is 6.07 Å². The van der Waals surface area contributed by atoms with Gasteiger partial charge in [0.1, 0.15) is 0 Å². The van der Waals surface area contributed by atoms with Crippen molar-refractivity contribution >= 4 is 12.3 Å². The van der Waals surface area contributed by atoms with Gasteiger partial charge >= 0.3 is 6.09 Å². The van der Waals surface area contributed by atoms with E-state index in [-0.39, 0.29) is 0 Å². The molecule has 0 bridgehead atoms. The van der Waals surface area contributed by atoms with Crippen LogP contribution >= 0.6 is 0 Å². The molecule has 0 saturated heterocycles. The molecular formula is C7H6N2O2. The molecule has 0 unspecified atom stereocenters. The molecule has 0 aliphatic heterocycles. The highest BCUT2D eigenvalue weighted by molar-refractivity contribution is 5.87. The molecule has 4 heteroatoms. The molecule has 0 spiro atoms. The van der Waals surface area contributed by atoms with Crippen LogP contribution in [0.25, 0.3) is 0 Å². The van der Waals surface area contributed by atoms with E-state index in [9.17, 15) is 4.79 Å². The first-order valence-corrected chi connectivity index (χ1v) is 2.96. The predicted octanol–water partition coefficient (Wildman–Crippen LogP) is 1.18. The van der Waals surface area contributed by atoms with Crippen LogP contribution in [-0.2, 0) is 0 Å². The van der Waals surface area contributed by atoms with Crippen molar-refractivity contribution < 1.29 is 9.90 Å². The number of aromatic nitrogens is 1. The van der Waals surface area contributed by atoms with Crippen LogP contribution in [0.1, 0.15) is 5.56 Å². The summed E-state index contributed by atoms with van der Waals surface area (Å²) >= 11 is 0. The summed E-state index contributed by atoms with van der Waals surface area (Å²) in [7, 11) is 0. The fourth-order valence-corrected chi connectivity index (χ4v) is 0.582. The van der Waals surface area contributed by atoms with Gasteiger partial charge in [-0.05, 0) is 6.07 Å². The first-order valence-electron chi connectivity index (χ1n) is 2.96. The summed E-state index contributed by atoms with van der Waals surface area (Å²) in [4.78, 5) is 16.9. The van der Waals surface area contributed by atoms with Crippen LogP contribution in [0.2, 0.25) is 0 Å². The van der Waals surface area contributed by atoms with E-state index in [0.717, 1.165) is 0 Å². The lowest BCUT2D eigenvalue weighted by atomic mass is 10.3. The van der Waals surface area contributed by atoms with Crippen molar-refractivity contribution in [2.75, 3.05) is 0 Å². The highest BCUT2D eigenvalue weighted by atomic mass is 16.4. The Morgan fingerprint density at radius 2 is 2.55 bits per heavy atom. The van der Waals surface area contributed by atoms with Gasteiger partial charge in [0.05, 0.1) is 0 Å². The van der Waals surface area contributed by atoms with Gasteiger partial charge < -0.3 is 5.11 Å². The minimum atomic E-state index is -1.20. The SMILES string of the molecule is O=C(O)N=Cc1cccnc1. The van der Waals surface area contributed by atoms with Crippen LogP contribution in [0.5, 0.6) is 0 Å². The Hall–Kier alpha value is -1.71. The summed E-state index contributed by atoms with van der Waals surface area (Å²) in [5, 5.41) is 8.16. The van der Waals surface area contributed by atoms with Crippen LogP contribution in [0.3, 0.4) is 0 Å². The molecule has 0 atom stereocenters. The topological polar surface area (TPSA) is 62.5 Å². The Morgan fingerprint density at radius 1 is 1.73 bits per heavy atom. The van der Waals surface area contributed by atoms with Crippen molar-refractivity contribution in [2.45, 2.75) is 0 Å². The van der Waals surface area contributed by atoms with Gasteiger partial charge in [0, 0.05) is 24.2 Å². The molecule has 1 aromatic rings. The molecule has 1 rings (SSSR count). The molecule has 0 fully saturated rings. The highest BCUT2D eigenvalue weighted by Gasteiger charge is 1.87. The summed E-state index contributed by atoms with van der Waals surface area (Å²) < 4.78 is 0. The zero-order valence-corrected chi connectivity index (χ0v) is 5.64. The Morgan fingerprint density at radius 3 is 3.09 bits per heavy atom. The second kappa shape index (κ2) is 3.46. The Bertz CT molecular complexity index is 269. The predicted molar refractivity (Wildman–Crippen MR) is 39.9 cm³/mol. The first-order chi connectivity index (χ1) is 5.29. The molecule has 4 nitrogen and oxygen atoms in total. The van der Waals surface area contributed by atoms with Crippen LogP contribution in [0.15, 0.2) is 29.5 Å². The van der Waals surface area contributed by atoms with E-state index in [1.54, 1.807) is 18.3 Å². The molecular weight excluding hydrogens is 144 g/mol. The van der Waals surface area contributed by atoms with Gasteiger partial charge in [0.25, 0.3) is 0 Å². The molecule has 11 heavy (non-hydrogen) atoms.